The molecule has 4 N–H and O–H groups in total. The average molecular weight is 363 g/mol. The van der Waals surface area contributed by atoms with E-state index in [2.05, 4.69) is 10.6 Å². The molecule has 0 spiro atoms. The second-order valence-corrected chi connectivity index (χ2v) is 5.83. The average Bonchev–Trinajstić information content (AvgIpc) is 2.59. The number of amides is 1. The summed E-state index contributed by atoms with van der Waals surface area (Å²) in [6.07, 6.45) is 3.20. The molecule has 25 heavy (non-hydrogen) atoms. The highest BCUT2D eigenvalue weighted by Crippen LogP contribution is 2.10. The van der Waals surface area contributed by atoms with E-state index in [1.807, 2.05) is 6.26 Å². The molecule has 9 heteroatoms. The summed E-state index contributed by atoms with van der Waals surface area (Å²) in [6.45, 7) is 0. The Hall–Kier alpha value is -2.99. The molecule has 0 aliphatic carbocycles. The van der Waals surface area contributed by atoms with E-state index in [0.717, 1.165) is 6.20 Å². The number of nitrogens with one attached hydrogen (secondary N) is 2. The molecule has 0 aromatic heterocycles. The zero-order valence-corrected chi connectivity index (χ0v) is 14.2. The number of aliphatic carboxylic acids is 1. The van der Waals surface area contributed by atoms with Gasteiger partial charge in [-0.3, -0.25) is 4.79 Å². The van der Waals surface area contributed by atoms with Gasteiger partial charge in [0.15, 0.2) is 0 Å². The largest absolute Gasteiger partial charge is 0.480 e. The number of carboxylic acids is 2. The van der Waals surface area contributed by atoms with Gasteiger partial charge in [-0.2, -0.15) is 17.0 Å². The minimum atomic E-state index is -1.17. The molecule has 132 valence electrons. The Morgan fingerprint density at radius 1 is 1.28 bits per heavy atom. The van der Waals surface area contributed by atoms with Crippen molar-refractivity contribution in [3.8, 4) is 6.07 Å². The normalized spacial score (nSPS) is 11.9. The van der Waals surface area contributed by atoms with Crippen molar-refractivity contribution in [1.29, 1.82) is 5.26 Å². The predicted octanol–water partition coefficient (Wildman–Crippen LogP) is 1.53. The lowest BCUT2D eigenvalue weighted by Crippen LogP contribution is -2.41. The third kappa shape index (κ3) is 6.56. The highest BCUT2D eigenvalue weighted by molar-refractivity contribution is 7.98. The Balaban J connectivity index is 2.77. The van der Waals surface area contributed by atoms with E-state index >= 15 is 0 Å². The number of benzene rings is 1. The number of carboxylic acid groups (broad SMARTS) is 2. The first-order valence-electron chi connectivity index (χ1n) is 7.11. The van der Waals surface area contributed by atoms with E-state index in [-0.39, 0.29) is 17.6 Å². The number of aromatic carboxylic acids is 1. The van der Waals surface area contributed by atoms with Crippen molar-refractivity contribution < 1.29 is 24.6 Å². The predicted molar refractivity (Wildman–Crippen MR) is 93.3 cm³/mol. The molecule has 1 atom stereocenters. The molecular formula is C16H17N3O5S. The second-order valence-electron chi connectivity index (χ2n) is 4.84. The summed E-state index contributed by atoms with van der Waals surface area (Å²) in [7, 11) is 0. The number of nitrogens with zero attached hydrogens (tertiary/aromatic N) is 1. The fourth-order valence-electron chi connectivity index (χ4n) is 1.74. The maximum Gasteiger partial charge on any atom is 0.335 e. The third-order valence-electron chi connectivity index (χ3n) is 3.09. The van der Waals surface area contributed by atoms with E-state index in [1.54, 1.807) is 6.07 Å². The monoisotopic (exact) mass is 363 g/mol. The zero-order valence-electron chi connectivity index (χ0n) is 13.4. The van der Waals surface area contributed by atoms with Gasteiger partial charge in [-0.15, -0.1) is 0 Å². The standard InChI is InChI=1S/C16H17N3O5S/c1-25-7-6-13(16(23)24)19-14(20)11(8-17)9-18-12-4-2-10(3-5-12)15(21)22/h2-5,9,13,18H,6-7H2,1H3,(H,19,20)(H,21,22)(H,23,24)/b11-9-. The molecule has 1 rings (SSSR count). The molecule has 0 heterocycles. The van der Waals surface area contributed by atoms with Crippen molar-refractivity contribution in [2.24, 2.45) is 0 Å². The summed E-state index contributed by atoms with van der Waals surface area (Å²) in [5.74, 6) is -2.48. The van der Waals surface area contributed by atoms with Crippen molar-refractivity contribution in [2.75, 3.05) is 17.3 Å². The highest BCUT2D eigenvalue weighted by Gasteiger charge is 2.21. The van der Waals surface area contributed by atoms with Gasteiger partial charge in [0, 0.05) is 11.9 Å². The van der Waals surface area contributed by atoms with Crippen molar-refractivity contribution in [3.63, 3.8) is 0 Å². The van der Waals surface area contributed by atoms with E-state index in [9.17, 15) is 14.4 Å². The number of thioether (sulfide) groups is 1. The van der Waals surface area contributed by atoms with Crippen LogP contribution >= 0.6 is 11.8 Å². The fourth-order valence-corrected chi connectivity index (χ4v) is 2.21. The molecule has 0 saturated heterocycles. The van der Waals surface area contributed by atoms with Gasteiger partial charge in [0.2, 0.25) is 0 Å². The first kappa shape index (κ1) is 20.1. The van der Waals surface area contributed by atoms with Crippen molar-refractivity contribution in [1.82, 2.24) is 5.32 Å². The molecule has 0 fully saturated rings. The molecule has 1 aromatic rings. The van der Waals surface area contributed by atoms with E-state index < -0.39 is 23.9 Å². The van der Waals surface area contributed by atoms with Gasteiger partial charge in [-0.25, -0.2) is 9.59 Å². The molecule has 0 radical (unpaired) electrons. The van der Waals surface area contributed by atoms with Crippen LogP contribution in [0.15, 0.2) is 36.0 Å². The number of hydrogen-bond acceptors (Lipinski definition) is 6. The van der Waals surface area contributed by atoms with Crippen LogP contribution in [0.25, 0.3) is 0 Å². The molecule has 0 saturated carbocycles. The summed E-state index contributed by atoms with van der Waals surface area (Å²) in [4.78, 5) is 33.9. The smallest absolute Gasteiger partial charge is 0.335 e. The van der Waals surface area contributed by atoms with Gasteiger partial charge in [-0.05, 0) is 42.7 Å². The Morgan fingerprint density at radius 3 is 2.40 bits per heavy atom. The Kier molecular flexibility index (Phi) is 8.02. The van der Waals surface area contributed by atoms with Crippen LogP contribution in [0.5, 0.6) is 0 Å². The first-order chi connectivity index (χ1) is 11.9. The van der Waals surface area contributed by atoms with Gasteiger partial charge >= 0.3 is 11.9 Å². The van der Waals surface area contributed by atoms with Crippen LogP contribution in [0.3, 0.4) is 0 Å². The molecular weight excluding hydrogens is 346 g/mol. The summed E-state index contributed by atoms with van der Waals surface area (Å²) in [6, 6.07) is 6.31. The maximum atomic E-state index is 12.0. The summed E-state index contributed by atoms with van der Waals surface area (Å²) >= 11 is 1.45. The lowest BCUT2D eigenvalue weighted by molar-refractivity contribution is -0.141. The van der Waals surface area contributed by atoms with Gasteiger partial charge in [0.25, 0.3) is 5.91 Å². The third-order valence-corrected chi connectivity index (χ3v) is 3.74. The van der Waals surface area contributed by atoms with Crippen LogP contribution in [0.4, 0.5) is 5.69 Å². The SMILES string of the molecule is CSCCC(NC(=O)/C(C#N)=C\Nc1ccc(C(=O)O)cc1)C(=O)O. The number of anilines is 1. The van der Waals surface area contributed by atoms with Crippen LogP contribution in [0.1, 0.15) is 16.8 Å². The van der Waals surface area contributed by atoms with E-state index in [1.165, 1.54) is 36.0 Å². The number of carbonyl (C=O) groups excluding carboxylic acids is 1. The first-order valence-corrected chi connectivity index (χ1v) is 8.51. The molecule has 0 bridgehead atoms. The van der Waals surface area contributed by atoms with E-state index in [4.69, 9.17) is 15.5 Å². The van der Waals surface area contributed by atoms with Crippen LogP contribution in [-0.2, 0) is 9.59 Å². The minimum absolute atomic E-state index is 0.103. The zero-order chi connectivity index (χ0) is 18.8. The molecule has 0 aliphatic heterocycles. The van der Waals surface area contributed by atoms with Crippen molar-refractivity contribution in [3.05, 3.63) is 41.6 Å². The Morgan fingerprint density at radius 2 is 1.92 bits per heavy atom. The summed E-state index contributed by atoms with van der Waals surface area (Å²) < 4.78 is 0. The second kappa shape index (κ2) is 10.00. The lowest BCUT2D eigenvalue weighted by atomic mass is 10.2. The molecule has 1 aromatic carbocycles. The Bertz CT molecular complexity index is 709. The van der Waals surface area contributed by atoms with Gasteiger partial charge in [0.05, 0.1) is 5.56 Å². The number of carbonyl (C=O) groups is 3. The fraction of sp³-hybridized carbons (Fsp3) is 0.250. The van der Waals surface area contributed by atoms with Gasteiger partial charge < -0.3 is 20.8 Å². The lowest BCUT2D eigenvalue weighted by Gasteiger charge is -2.13. The molecule has 0 aliphatic rings. The Labute approximate surface area is 148 Å². The molecule has 8 nitrogen and oxygen atoms in total. The maximum absolute atomic E-state index is 12.0. The van der Waals surface area contributed by atoms with Crippen LogP contribution < -0.4 is 10.6 Å². The number of hydrogen-bond donors (Lipinski definition) is 4. The number of rotatable bonds is 9. The van der Waals surface area contributed by atoms with Gasteiger partial charge in [0.1, 0.15) is 17.7 Å². The van der Waals surface area contributed by atoms with Crippen LogP contribution in [-0.4, -0.2) is 46.1 Å². The highest BCUT2D eigenvalue weighted by atomic mass is 32.2. The molecule has 1 unspecified atom stereocenters. The molecule has 1 amide bonds. The number of nitriles is 1. The van der Waals surface area contributed by atoms with Gasteiger partial charge in [-0.1, -0.05) is 0 Å². The van der Waals surface area contributed by atoms with Crippen LogP contribution in [0.2, 0.25) is 0 Å². The van der Waals surface area contributed by atoms with E-state index in [0.29, 0.717) is 11.4 Å². The quantitative estimate of drug-likeness (QED) is 0.382. The topological polar surface area (TPSA) is 140 Å². The van der Waals surface area contributed by atoms with Crippen molar-refractivity contribution >= 4 is 35.3 Å². The van der Waals surface area contributed by atoms with Crippen molar-refractivity contribution in [2.45, 2.75) is 12.5 Å². The summed E-state index contributed by atoms with van der Waals surface area (Å²) in [5.41, 5.74) is 0.284. The van der Waals surface area contributed by atoms with Crippen LogP contribution in [0, 0.1) is 11.3 Å². The minimum Gasteiger partial charge on any atom is -0.480 e. The summed E-state index contributed by atoms with van der Waals surface area (Å²) in [5, 5.41) is 32.0.